The lowest BCUT2D eigenvalue weighted by Crippen LogP contribution is -2.37. The van der Waals surface area contributed by atoms with Crippen molar-refractivity contribution in [2.24, 2.45) is 0 Å². The minimum Gasteiger partial charge on any atom is -0.444 e. The number of rotatable bonds is 3. The van der Waals surface area contributed by atoms with Crippen LogP contribution >= 0.6 is 0 Å². The van der Waals surface area contributed by atoms with Gasteiger partial charge in [-0.05, 0) is 27.7 Å². The first-order valence-electron chi connectivity index (χ1n) is 4.68. The van der Waals surface area contributed by atoms with Crippen LogP contribution in [0.1, 0.15) is 34.1 Å². The SMILES string of the molecule is [C-]#[N+]CCC(C)NC(=O)OC(C)(C)C. The Morgan fingerprint density at radius 3 is 2.57 bits per heavy atom. The van der Waals surface area contributed by atoms with E-state index in [1.807, 2.05) is 27.7 Å². The lowest BCUT2D eigenvalue weighted by atomic mass is 10.2. The molecule has 1 N–H and O–H groups in total. The Labute approximate surface area is 85.5 Å². The summed E-state index contributed by atoms with van der Waals surface area (Å²) in [5.41, 5.74) is -0.469. The maximum Gasteiger partial charge on any atom is 0.407 e. The van der Waals surface area contributed by atoms with Gasteiger partial charge < -0.3 is 14.9 Å². The van der Waals surface area contributed by atoms with Gasteiger partial charge in [-0.2, -0.15) is 0 Å². The third kappa shape index (κ3) is 7.41. The van der Waals surface area contributed by atoms with Gasteiger partial charge in [0.25, 0.3) is 0 Å². The summed E-state index contributed by atoms with van der Waals surface area (Å²) in [5, 5.41) is 2.67. The van der Waals surface area contributed by atoms with Crippen LogP contribution in [0.15, 0.2) is 0 Å². The minimum absolute atomic E-state index is 0.0149. The molecule has 0 saturated heterocycles. The van der Waals surface area contributed by atoms with Gasteiger partial charge in [0.05, 0.1) is 0 Å². The third-order valence-electron chi connectivity index (χ3n) is 1.44. The molecular formula is C10H18N2O2. The number of hydrogen-bond acceptors (Lipinski definition) is 2. The van der Waals surface area contributed by atoms with Crippen LogP contribution in [0.25, 0.3) is 4.85 Å². The zero-order chi connectivity index (χ0) is 11.2. The standard InChI is InChI=1S/C10H18N2O2/c1-8(6-7-11-5)12-9(13)14-10(2,3)4/h8H,6-7H2,1-4H3,(H,12,13). The van der Waals surface area contributed by atoms with Gasteiger partial charge in [0.15, 0.2) is 0 Å². The second-order valence-corrected chi connectivity index (χ2v) is 4.22. The van der Waals surface area contributed by atoms with Crippen LogP contribution in [0.5, 0.6) is 0 Å². The van der Waals surface area contributed by atoms with Crippen molar-refractivity contribution in [1.29, 1.82) is 0 Å². The first-order valence-corrected chi connectivity index (χ1v) is 4.68. The summed E-state index contributed by atoms with van der Waals surface area (Å²) < 4.78 is 5.06. The van der Waals surface area contributed by atoms with Gasteiger partial charge in [-0.3, -0.25) is 0 Å². The van der Waals surface area contributed by atoms with Crippen molar-refractivity contribution in [1.82, 2.24) is 5.32 Å². The van der Waals surface area contributed by atoms with Crippen LogP contribution in [0.2, 0.25) is 0 Å². The molecule has 0 spiro atoms. The second-order valence-electron chi connectivity index (χ2n) is 4.22. The number of hydrogen-bond donors (Lipinski definition) is 1. The molecule has 1 unspecified atom stereocenters. The molecule has 0 aliphatic carbocycles. The van der Waals surface area contributed by atoms with Crippen molar-refractivity contribution in [2.75, 3.05) is 6.54 Å². The summed E-state index contributed by atoms with van der Waals surface area (Å²) in [5.74, 6) is 0. The summed E-state index contributed by atoms with van der Waals surface area (Å²) in [4.78, 5) is 14.4. The van der Waals surface area contributed by atoms with E-state index >= 15 is 0 Å². The largest absolute Gasteiger partial charge is 0.444 e. The molecule has 0 saturated carbocycles. The molecule has 0 aliphatic heterocycles. The number of amides is 1. The van der Waals surface area contributed by atoms with Crippen LogP contribution in [0.4, 0.5) is 4.79 Å². The Kier molecular flexibility index (Phi) is 5.00. The van der Waals surface area contributed by atoms with E-state index < -0.39 is 11.7 Å². The van der Waals surface area contributed by atoms with Crippen LogP contribution in [-0.4, -0.2) is 24.3 Å². The highest BCUT2D eigenvalue weighted by Gasteiger charge is 2.17. The summed E-state index contributed by atoms with van der Waals surface area (Å²) in [6.07, 6.45) is 0.234. The molecule has 0 aromatic heterocycles. The Morgan fingerprint density at radius 1 is 1.57 bits per heavy atom. The minimum atomic E-state index is -0.469. The number of carbonyl (C=O) groups is 1. The van der Waals surface area contributed by atoms with Crippen molar-refractivity contribution in [2.45, 2.75) is 45.8 Å². The van der Waals surface area contributed by atoms with E-state index in [1.54, 1.807) is 0 Å². The van der Waals surface area contributed by atoms with Gasteiger partial charge in [-0.25, -0.2) is 11.4 Å². The zero-order valence-electron chi connectivity index (χ0n) is 9.26. The summed E-state index contributed by atoms with van der Waals surface area (Å²) in [6.45, 7) is 14.3. The topological polar surface area (TPSA) is 42.7 Å². The summed E-state index contributed by atoms with van der Waals surface area (Å²) >= 11 is 0. The van der Waals surface area contributed by atoms with Crippen molar-refractivity contribution in [3.05, 3.63) is 11.4 Å². The van der Waals surface area contributed by atoms with Gasteiger partial charge in [-0.1, -0.05) is 0 Å². The van der Waals surface area contributed by atoms with E-state index in [-0.39, 0.29) is 6.04 Å². The van der Waals surface area contributed by atoms with Crippen molar-refractivity contribution >= 4 is 6.09 Å². The van der Waals surface area contributed by atoms with Crippen molar-refractivity contribution < 1.29 is 9.53 Å². The fraction of sp³-hybridized carbons (Fsp3) is 0.800. The van der Waals surface area contributed by atoms with Crippen LogP contribution in [-0.2, 0) is 4.74 Å². The van der Waals surface area contributed by atoms with Gasteiger partial charge in [0.2, 0.25) is 6.54 Å². The van der Waals surface area contributed by atoms with Crippen LogP contribution in [0.3, 0.4) is 0 Å². The maximum absolute atomic E-state index is 11.2. The molecule has 4 nitrogen and oxygen atoms in total. The van der Waals surface area contributed by atoms with Crippen LogP contribution < -0.4 is 5.32 Å². The average molecular weight is 198 g/mol. The number of nitrogens with zero attached hydrogens (tertiary/aromatic N) is 1. The number of nitrogens with one attached hydrogen (secondary N) is 1. The monoisotopic (exact) mass is 198 g/mol. The molecule has 1 amide bonds. The Hall–Kier alpha value is -1.24. The molecule has 4 heteroatoms. The lowest BCUT2D eigenvalue weighted by molar-refractivity contribution is 0.0507. The lowest BCUT2D eigenvalue weighted by Gasteiger charge is -2.21. The van der Waals surface area contributed by atoms with E-state index in [4.69, 9.17) is 11.3 Å². The average Bonchev–Trinajstić information content (AvgIpc) is 1.96. The fourth-order valence-corrected chi connectivity index (χ4v) is 0.839. The van der Waals surface area contributed by atoms with E-state index in [1.165, 1.54) is 0 Å². The molecule has 0 aliphatic rings. The van der Waals surface area contributed by atoms with Gasteiger partial charge >= 0.3 is 6.09 Å². The van der Waals surface area contributed by atoms with E-state index in [0.29, 0.717) is 13.0 Å². The van der Waals surface area contributed by atoms with Crippen molar-refractivity contribution in [3.8, 4) is 0 Å². The summed E-state index contributed by atoms with van der Waals surface area (Å²) in [7, 11) is 0. The molecule has 14 heavy (non-hydrogen) atoms. The molecule has 0 rings (SSSR count). The summed E-state index contributed by atoms with van der Waals surface area (Å²) in [6, 6.07) is -0.0149. The molecule has 80 valence electrons. The predicted molar refractivity (Wildman–Crippen MR) is 54.9 cm³/mol. The number of ether oxygens (including phenoxy) is 1. The second kappa shape index (κ2) is 5.48. The number of carbonyl (C=O) groups excluding carboxylic acids is 1. The normalized spacial score (nSPS) is 12.8. The Morgan fingerprint density at radius 2 is 2.14 bits per heavy atom. The molecule has 1 atom stereocenters. The molecule has 0 fully saturated rings. The first-order chi connectivity index (χ1) is 6.35. The van der Waals surface area contributed by atoms with Gasteiger partial charge in [-0.15, -0.1) is 0 Å². The van der Waals surface area contributed by atoms with Crippen LogP contribution in [0, 0.1) is 6.57 Å². The highest BCUT2D eigenvalue weighted by atomic mass is 16.6. The Balaban J connectivity index is 3.78. The molecule has 0 heterocycles. The molecular weight excluding hydrogens is 180 g/mol. The van der Waals surface area contributed by atoms with Gasteiger partial charge in [0, 0.05) is 12.5 Å². The van der Waals surface area contributed by atoms with E-state index in [2.05, 4.69) is 10.2 Å². The molecule has 0 bridgehead atoms. The van der Waals surface area contributed by atoms with E-state index in [0.717, 1.165) is 0 Å². The third-order valence-corrected chi connectivity index (χ3v) is 1.44. The smallest absolute Gasteiger partial charge is 0.407 e. The maximum atomic E-state index is 11.2. The Bertz CT molecular complexity index is 225. The fourth-order valence-electron chi connectivity index (χ4n) is 0.839. The quantitative estimate of drug-likeness (QED) is 0.706. The highest BCUT2D eigenvalue weighted by molar-refractivity contribution is 5.67. The number of alkyl carbamates (subject to hydrolysis) is 1. The first kappa shape index (κ1) is 12.8. The molecule has 0 aromatic rings. The highest BCUT2D eigenvalue weighted by Crippen LogP contribution is 2.06. The van der Waals surface area contributed by atoms with E-state index in [9.17, 15) is 4.79 Å². The van der Waals surface area contributed by atoms with Crippen molar-refractivity contribution in [3.63, 3.8) is 0 Å². The molecule has 0 aromatic carbocycles. The predicted octanol–water partition coefficient (Wildman–Crippen LogP) is 2.21. The van der Waals surface area contributed by atoms with Gasteiger partial charge in [0.1, 0.15) is 5.60 Å². The zero-order valence-corrected chi connectivity index (χ0v) is 9.26. The molecule has 0 radical (unpaired) electrons.